The lowest BCUT2D eigenvalue weighted by Crippen LogP contribution is -2.53. The lowest BCUT2D eigenvalue weighted by Gasteiger charge is -2.36. The maximum Gasteiger partial charge on any atom is 0.317 e. The van der Waals surface area contributed by atoms with E-state index in [1.54, 1.807) is 11.8 Å². The fourth-order valence-corrected chi connectivity index (χ4v) is 3.39. The summed E-state index contributed by atoms with van der Waals surface area (Å²) < 4.78 is 7.66. The number of aliphatic hydroxyl groups is 1. The molecule has 0 saturated carbocycles. The standard InChI is InChI=1S/C19H27N3O3/c1-15(23)13-17-14-25-12-11-22(17)19(24)20-8-4-9-21-10-7-16-5-2-3-6-18(16)21/h2-3,5-7,10,15,17,23H,4,8-9,11-14H2,1H3,(H,20,24)/t15-,17-/m1/s1. The average molecular weight is 345 g/mol. The molecular weight excluding hydrogens is 318 g/mol. The summed E-state index contributed by atoms with van der Waals surface area (Å²) in [4.78, 5) is 14.2. The molecule has 0 aliphatic carbocycles. The number of carbonyl (C=O) groups is 1. The molecule has 0 spiro atoms. The summed E-state index contributed by atoms with van der Waals surface area (Å²) >= 11 is 0. The predicted molar refractivity (Wildman–Crippen MR) is 97.6 cm³/mol. The number of carbonyl (C=O) groups excluding carboxylic acids is 1. The molecule has 2 aromatic rings. The van der Waals surface area contributed by atoms with Crippen LogP contribution in [0.5, 0.6) is 0 Å². The van der Waals surface area contributed by atoms with Crippen molar-refractivity contribution in [3.8, 4) is 0 Å². The lowest BCUT2D eigenvalue weighted by atomic mass is 10.1. The van der Waals surface area contributed by atoms with Gasteiger partial charge in [0.05, 0.1) is 25.4 Å². The number of para-hydroxylation sites is 1. The van der Waals surface area contributed by atoms with Crippen molar-refractivity contribution >= 4 is 16.9 Å². The molecule has 2 atom stereocenters. The van der Waals surface area contributed by atoms with E-state index in [0.717, 1.165) is 13.0 Å². The van der Waals surface area contributed by atoms with E-state index in [-0.39, 0.29) is 12.1 Å². The third-order valence-electron chi connectivity index (χ3n) is 4.63. The number of ether oxygens (including phenoxy) is 1. The van der Waals surface area contributed by atoms with Crippen LogP contribution in [0.1, 0.15) is 19.8 Å². The Morgan fingerprint density at radius 3 is 3.08 bits per heavy atom. The number of urea groups is 1. The Morgan fingerprint density at radius 2 is 2.24 bits per heavy atom. The van der Waals surface area contributed by atoms with Gasteiger partial charge < -0.3 is 24.6 Å². The average Bonchev–Trinajstić information content (AvgIpc) is 3.02. The third-order valence-corrected chi connectivity index (χ3v) is 4.63. The minimum Gasteiger partial charge on any atom is -0.393 e. The van der Waals surface area contributed by atoms with E-state index in [9.17, 15) is 9.90 Å². The second-order valence-corrected chi connectivity index (χ2v) is 6.66. The number of hydrogen-bond acceptors (Lipinski definition) is 3. The minimum atomic E-state index is -0.441. The van der Waals surface area contributed by atoms with Gasteiger partial charge in [0.25, 0.3) is 0 Å². The molecule has 136 valence electrons. The summed E-state index contributed by atoms with van der Waals surface area (Å²) in [6.07, 6.45) is 3.06. The zero-order chi connectivity index (χ0) is 17.6. The topological polar surface area (TPSA) is 66.7 Å². The smallest absolute Gasteiger partial charge is 0.317 e. The van der Waals surface area contributed by atoms with Crippen LogP contribution in [0, 0.1) is 0 Å². The highest BCUT2D eigenvalue weighted by atomic mass is 16.5. The van der Waals surface area contributed by atoms with E-state index >= 15 is 0 Å². The molecule has 1 aliphatic heterocycles. The van der Waals surface area contributed by atoms with Gasteiger partial charge >= 0.3 is 6.03 Å². The van der Waals surface area contributed by atoms with Crippen LogP contribution >= 0.6 is 0 Å². The largest absolute Gasteiger partial charge is 0.393 e. The summed E-state index contributed by atoms with van der Waals surface area (Å²) in [5.41, 5.74) is 1.22. The Kier molecular flexibility index (Phi) is 5.94. The second kappa shape index (κ2) is 8.36. The molecule has 6 heteroatoms. The Labute approximate surface area is 148 Å². The molecule has 0 unspecified atom stereocenters. The minimum absolute atomic E-state index is 0.0536. The maximum absolute atomic E-state index is 12.4. The molecule has 2 heterocycles. The van der Waals surface area contributed by atoms with Crippen LogP contribution < -0.4 is 5.32 Å². The van der Waals surface area contributed by atoms with Crippen LogP contribution in [-0.4, -0.2) is 59.1 Å². The zero-order valence-electron chi connectivity index (χ0n) is 14.7. The number of nitrogens with one attached hydrogen (secondary N) is 1. The van der Waals surface area contributed by atoms with Crippen molar-refractivity contribution in [3.05, 3.63) is 36.5 Å². The van der Waals surface area contributed by atoms with Gasteiger partial charge in [-0.1, -0.05) is 18.2 Å². The number of nitrogens with zero attached hydrogens (tertiary/aromatic N) is 2. The van der Waals surface area contributed by atoms with Gasteiger partial charge in [-0.2, -0.15) is 0 Å². The van der Waals surface area contributed by atoms with Gasteiger partial charge in [-0.15, -0.1) is 0 Å². The first-order valence-corrected chi connectivity index (χ1v) is 8.99. The fraction of sp³-hybridized carbons (Fsp3) is 0.526. The van der Waals surface area contributed by atoms with Crippen LogP contribution in [0.2, 0.25) is 0 Å². The first kappa shape index (κ1) is 17.8. The number of amides is 2. The normalized spacial score (nSPS) is 19.1. The number of aliphatic hydroxyl groups excluding tert-OH is 1. The first-order valence-electron chi connectivity index (χ1n) is 8.99. The molecule has 3 rings (SSSR count). The maximum atomic E-state index is 12.4. The van der Waals surface area contributed by atoms with Crippen LogP contribution in [0.4, 0.5) is 4.79 Å². The summed E-state index contributed by atoms with van der Waals surface area (Å²) in [6.45, 7) is 4.86. The van der Waals surface area contributed by atoms with Crippen LogP contribution in [0.3, 0.4) is 0 Å². The van der Waals surface area contributed by atoms with Crippen LogP contribution in [0.25, 0.3) is 10.9 Å². The summed E-state index contributed by atoms with van der Waals surface area (Å²) in [5, 5.41) is 13.8. The Morgan fingerprint density at radius 1 is 1.40 bits per heavy atom. The molecule has 1 aliphatic rings. The quantitative estimate of drug-likeness (QED) is 0.789. The zero-order valence-corrected chi connectivity index (χ0v) is 14.7. The van der Waals surface area contributed by atoms with Crippen LogP contribution in [-0.2, 0) is 11.3 Å². The third kappa shape index (κ3) is 4.52. The number of fused-ring (bicyclic) bond motifs is 1. The number of benzene rings is 1. The highest BCUT2D eigenvalue weighted by Crippen LogP contribution is 2.15. The van der Waals surface area contributed by atoms with Gasteiger partial charge in [-0.25, -0.2) is 4.79 Å². The summed E-state index contributed by atoms with van der Waals surface area (Å²) in [6, 6.07) is 10.3. The van der Waals surface area contributed by atoms with Gasteiger partial charge in [0, 0.05) is 31.3 Å². The molecule has 1 saturated heterocycles. The van der Waals surface area contributed by atoms with Gasteiger partial charge in [-0.3, -0.25) is 0 Å². The number of morpholine rings is 1. The van der Waals surface area contributed by atoms with Gasteiger partial charge in [0.1, 0.15) is 0 Å². The Bertz CT molecular complexity index is 698. The molecule has 25 heavy (non-hydrogen) atoms. The number of rotatable bonds is 6. The molecule has 1 aromatic carbocycles. The van der Waals surface area contributed by atoms with Crippen molar-refractivity contribution in [3.63, 3.8) is 0 Å². The van der Waals surface area contributed by atoms with Gasteiger partial charge in [0.2, 0.25) is 0 Å². The molecule has 0 bridgehead atoms. The van der Waals surface area contributed by atoms with Crippen molar-refractivity contribution in [2.45, 2.75) is 38.5 Å². The highest BCUT2D eigenvalue weighted by molar-refractivity contribution is 5.79. The predicted octanol–water partition coefficient (Wildman–Crippen LogP) is 2.21. The van der Waals surface area contributed by atoms with Crippen molar-refractivity contribution in [2.24, 2.45) is 0 Å². The summed E-state index contributed by atoms with van der Waals surface area (Å²) in [7, 11) is 0. The van der Waals surface area contributed by atoms with Crippen molar-refractivity contribution in [1.82, 2.24) is 14.8 Å². The highest BCUT2D eigenvalue weighted by Gasteiger charge is 2.27. The summed E-state index contributed by atoms with van der Waals surface area (Å²) in [5.74, 6) is 0. The Balaban J connectivity index is 1.47. The molecular formula is C19H27N3O3. The van der Waals surface area contributed by atoms with Crippen molar-refractivity contribution in [1.29, 1.82) is 0 Å². The van der Waals surface area contributed by atoms with E-state index in [1.807, 2.05) is 12.1 Å². The number of aromatic nitrogens is 1. The number of hydrogen-bond donors (Lipinski definition) is 2. The van der Waals surface area contributed by atoms with Crippen molar-refractivity contribution in [2.75, 3.05) is 26.3 Å². The van der Waals surface area contributed by atoms with E-state index in [1.165, 1.54) is 10.9 Å². The fourth-order valence-electron chi connectivity index (χ4n) is 3.39. The molecule has 1 fully saturated rings. The van der Waals surface area contributed by atoms with E-state index in [0.29, 0.717) is 32.7 Å². The molecule has 6 nitrogen and oxygen atoms in total. The van der Waals surface area contributed by atoms with Crippen LogP contribution in [0.15, 0.2) is 36.5 Å². The lowest BCUT2D eigenvalue weighted by molar-refractivity contribution is -0.00429. The van der Waals surface area contributed by atoms with Gasteiger partial charge in [0.15, 0.2) is 0 Å². The van der Waals surface area contributed by atoms with E-state index in [4.69, 9.17) is 4.74 Å². The number of aryl methyl sites for hydroxylation is 1. The SMILES string of the molecule is C[C@@H](O)C[C@@H]1COCCN1C(=O)NCCCn1ccc2ccccc21. The molecule has 0 radical (unpaired) electrons. The second-order valence-electron chi connectivity index (χ2n) is 6.66. The Hall–Kier alpha value is -2.05. The molecule has 2 amide bonds. The van der Waals surface area contributed by atoms with Crippen molar-refractivity contribution < 1.29 is 14.6 Å². The molecule has 2 N–H and O–H groups in total. The van der Waals surface area contributed by atoms with E-state index in [2.05, 4.69) is 34.3 Å². The van der Waals surface area contributed by atoms with E-state index < -0.39 is 6.10 Å². The first-order chi connectivity index (χ1) is 12.1. The van der Waals surface area contributed by atoms with Gasteiger partial charge in [-0.05, 0) is 37.3 Å². The molecule has 1 aromatic heterocycles. The monoisotopic (exact) mass is 345 g/mol.